The summed E-state index contributed by atoms with van der Waals surface area (Å²) < 4.78 is 9.75. The van der Waals surface area contributed by atoms with E-state index in [1.54, 1.807) is 6.07 Å². The van der Waals surface area contributed by atoms with E-state index in [2.05, 4.69) is 4.74 Å². The molecule has 0 atom stereocenters. The monoisotopic (exact) mass is 236 g/mol. The highest BCUT2D eigenvalue weighted by Gasteiger charge is 2.14. The van der Waals surface area contributed by atoms with Gasteiger partial charge in [-0.05, 0) is 25.5 Å². The first kappa shape index (κ1) is 13.1. The van der Waals surface area contributed by atoms with Gasteiger partial charge in [-0.3, -0.25) is 0 Å². The molecule has 17 heavy (non-hydrogen) atoms. The van der Waals surface area contributed by atoms with E-state index in [-0.39, 0.29) is 11.3 Å². The quantitative estimate of drug-likeness (QED) is 0.643. The van der Waals surface area contributed by atoms with Crippen LogP contribution in [0, 0.1) is 0 Å². The summed E-state index contributed by atoms with van der Waals surface area (Å²) in [5.41, 5.74) is 0.921. The summed E-state index contributed by atoms with van der Waals surface area (Å²) in [6.07, 6.45) is 4.33. The summed E-state index contributed by atoms with van der Waals surface area (Å²) in [5, 5.41) is 9.85. The fraction of sp³-hybridized carbons (Fsp3) is 0.308. The molecular formula is C13H16O4. The molecule has 0 aliphatic rings. The lowest BCUT2D eigenvalue weighted by atomic mass is 10.1. The Hall–Kier alpha value is -1.97. The van der Waals surface area contributed by atoms with Gasteiger partial charge >= 0.3 is 5.97 Å². The lowest BCUT2D eigenvalue weighted by Gasteiger charge is -2.10. The van der Waals surface area contributed by atoms with E-state index in [4.69, 9.17) is 4.74 Å². The molecule has 1 aromatic carbocycles. The average Bonchev–Trinajstić information content (AvgIpc) is 2.35. The van der Waals surface area contributed by atoms with Crippen molar-refractivity contribution in [2.75, 3.05) is 14.2 Å². The summed E-state index contributed by atoms with van der Waals surface area (Å²) in [6, 6.07) is 2.94. The van der Waals surface area contributed by atoms with E-state index in [9.17, 15) is 9.90 Å². The van der Waals surface area contributed by atoms with Gasteiger partial charge in [-0.2, -0.15) is 0 Å². The Morgan fingerprint density at radius 2 is 2.12 bits per heavy atom. The molecular weight excluding hydrogens is 220 g/mol. The van der Waals surface area contributed by atoms with E-state index in [1.807, 2.05) is 19.1 Å². The van der Waals surface area contributed by atoms with Gasteiger partial charge in [0, 0.05) is 5.56 Å². The highest BCUT2D eigenvalue weighted by molar-refractivity contribution is 5.90. The maximum absolute atomic E-state index is 11.4. The van der Waals surface area contributed by atoms with Crippen molar-refractivity contribution in [2.45, 2.75) is 13.3 Å². The van der Waals surface area contributed by atoms with Crippen LogP contribution in [0.5, 0.6) is 11.5 Å². The van der Waals surface area contributed by atoms with Gasteiger partial charge in [-0.25, -0.2) is 4.79 Å². The summed E-state index contributed by atoms with van der Waals surface area (Å²) >= 11 is 0. The Morgan fingerprint density at radius 1 is 1.41 bits per heavy atom. The zero-order valence-corrected chi connectivity index (χ0v) is 10.2. The second-order valence-corrected chi connectivity index (χ2v) is 3.44. The van der Waals surface area contributed by atoms with Crippen LogP contribution in [0.1, 0.15) is 22.8 Å². The maximum Gasteiger partial charge on any atom is 0.338 e. The molecule has 0 aromatic heterocycles. The third kappa shape index (κ3) is 3.00. The number of phenols is 1. The zero-order chi connectivity index (χ0) is 12.8. The van der Waals surface area contributed by atoms with E-state index >= 15 is 0 Å². The predicted molar refractivity (Wildman–Crippen MR) is 64.5 cm³/mol. The third-order valence-corrected chi connectivity index (χ3v) is 2.38. The first-order valence-corrected chi connectivity index (χ1v) is 5.23. The number of allylic oxidation sites excluding steroid dienone is 2. The van der Waals surface area contributed by atoms with Crippen LogP contribution in [0.4, 0.5) is 0 Å². The Labute approximate surface area is 100 Å². The van der Waals surface area contributed by atoms with Crippen molar-refractivity contribution in [3.05, 3.63) is 35.4 Å². The molecule has 0 saturated carbocycles. The standard InChI is InChI=1S/C13H16O4/c1-4-5-6-10-11(14)7-9(13(15)17-3)8-12(10)16-2/h4-5,7-8,14H,6H2,1-3H3/b5-4+. The Morgan fingerprint density at radius 3 is 2.65 bits per heavy atom. The minimum absolute atomic E-state index is 0.0304. The first-order valence-electron chi connectivity index (χ1n) is 5.23. The number of hydrogen-bond acceptors (Lipinski definition) is 4. The Bertz CT molecular complexity index is 435. The maximum atomic E-state index is 11.4. The molecule has 0 aliphatic heterocycles. The summed E-state index contributed by atoms with van der Waals surface area (Å²) in [4.78, 5) is 11.4. The molecule has 4 nitrogen and oxygen atoms in total. The predicted octanol–water partition coefficient (Wildman–Crippen LogP) is 2.31. The van der Waals surface area contributed by atoms with Crippen molar-refractivity contribution in [2.24, 2.45) is 0 Å². The van der Waals surface area contributed by atoms with Crippen molar-refractivity contribution >= 4 is 5.97 Å². The molecule has 0 bridgehead atoms. The van der Waals surface area contributed by atoms with Crippen molar-refractivity contribution in [3.8, 4) is 11.5 Å². The second-order valence-electron chi connectivity index (χ2n) is 3.44. The van der Waals surface area contributed by atoms with Gasteiger partial charge in [-0.15, -0.1) is 0 Å². The van der Waals surface area contributed by atoms with Crippen LogP contribution >= 0.6 is 0 Å². The molecule has 4 heteroatoms. The average molecular weight is 236 g/mol. The van der Waals surface area contributed by atoms with Crippen LogP contribution in [0.25, 0.3) is 0 Å². The summed E-state index contributed by atoms with van der Waals surface area (Å²) in [5.74, 6) is 0.00235. The lowest BCUT2D eigenvalue weighted by molar-refractivity contribution is 0.0600. The molecule has 0 saturated heterocycles. The van der Waals surface area contributed by atoms with Crippen LogP contribution < -0.4 is 4.74 Å². The molecule has 0 radical (unpaired) electrons. The second kappa shape index (κ2) is 5.94. The van der Waals surface area contributed by atoms with Gasteiger partial charge in [0.05, 0.1) is 19.8 Å². The van der Waals surface area contributed by atoms with Crippen LogP contribution in [0.15, 0.2) is 24.3 Å². The molecule has 0 aliphatic carbocycles. The topological polar surface area (TPSA) is 55.8 Å². The number of aromatic hydroxyl groups is 1. The molecule has 1 aromatic rings. The number of benzene rings is 1. The van der Waals surface area contributed by atoms with Crippen molar-refractivity contribution in [1.29, 1.82) is 0 Å². The molecule has 1 N–H and O–H groups in total. The molecule has 1 rings (SSSR count). The third-order valence-electron chi connectivity index (χ3n) is 2.38. The number of carbonyl (C=O) groups excluding carboxylic acids is 1. The highest BCUT2D eigenvalue weighted by atomic mass is 16.5. The van der Waals surface area contributed by atoms with Gasteiger partial charge in [0.1, 0.15) is 11.5 Å². The van der Waals surface area contributed by atoms with E-state index in [1.165, 1.54) is 20.3 Å². The number of hydrogen-bond donors (Lipinski definition) is 1. The first-order chi connectivity index (χ1) is 8.13. The van der Waals surface area contributed by atoms with Crippen molar-refractivity contribution in [1.82, 2.24) is 0 Å². The van der Waals surface area contributed by atoms with Gasteiger partial charge < -0.3 is 14.6 Å². The van der Waals surface area contributed by atoms with Crippen LogP contribution in [0.2, 0.25) is 0 Å². The molecule has 92 valence electrons. The fourth-order valence-electron chi connectivity index (χ4n) is 1.49. The Kier molecular flexibility index (Phi) is 4.57. The van der Waals surface area contributed by atoms with Crippen molar-refractivity contribution in [3.63, 3.8) is 0 Å². The van der Waals surface area contributed by atoms with Crippen molar-refractivity contribution < 1.29 is 19.4 Å². The molecule has 0 spiro atoms. The van der Waals surface area contributed by atoms with E-state index in [0.717, 1.165) is 0 Å². The normalized spacial score (nSPS) is 10.5. The minimum Gasteiger partial charge on any atom is -0.507 e. The van der Waals surface area contributed by atoms with Crippen LogP contribution in [-0.4, -0.2) is 25.3 Å². The van der Waals surface area contributed by atoms with Crippen LogP contribution in [-0.2, 0) is 11.2 Å². The number of methoxy groups -OCH3 is 2. The fourth-order valence-corrected chi connectivity index (χ4v) is 1.49. The number of ether oxygens (including phenoxy) is 2. The number of esters is 1. The van der Waals surface area contributed by atoms with Gasteiger partial charge in [-0.1, -0.05) is 12.2 Å². The summed E-state index contributed by atoms with van der Waals surface area (Å²) in [6.45, 7) is 1.90. The van der Waals surface area contributed by atoms with E-state index in [0.29, 0.717) is 17.7 Å². The largest absolute Gasteiger partial charge is 0.507 e. The van der Waals surface area contributed by atoms with Gasteiger partial charge in [0.15, 0.2) is 0 Å². The van der Waals surface area contributed by atoms with E-state index < -0.39 is 5.97 Å². The highest BCUT2D eigenvalue weighted by Crippen LogP contribution is 2.30. The Balaban J connectivity index is 3.20. The minimum atomic E-state index is -0.504. The number of phenolic OH excluding ortho intramolecular Hbond substituents is 1. The SMILES string of the molecule is C/C=C/Cc1c(O)cc(C(=O)OC)cc1OC. The van der Waals surface area contributed by atoms with Gasteiger partial charge in [0.2, 0.25) is 0 Å². The molecule has 0 amide bonds. The number of rotatable bonds is 4. The number of carbonyl (C=O) groups is 1. The molecule has 0 unspecified atom stereocenters. The van der Waals surface area contributed by atoms with Gasteiger partial charge in [0.25, 0.3) is 0 Å². The molecule has 0 fully saturated rings. The zero-order valence-electron chi connectivity index (χ0n) is 10.2. The van der Waals surface area contributed by atoms with Crippen LogP contribution in [0.3, 0.4) is 0 Å². The lowest BCUT2D eigenvalue weighted by Crippen LogP contribution is -2.03. The summed E-state index contributed by atoms with van der Waals surface area (Å²) in [7, 11) is 2.79. The molecule has 0 heterocycles. The smallest absolute Gasteiger partial charge is 0.338 e.